The van der Waals surface area contributed by atoms with Gasteiger partial charge in [-0.15, -0.1) is 0 Å². The van der Waals surface area contributed by atoms with Crippen LogP contribution in [0, 0.1) is 5.82 Å². The van der Waals surface area contributed by atoms with E-state index >= 15 is 0 Å². The largest absolute Gasteiger partial charge is 0.312 e. The van der Waals surface area contributed by atoms with Crippen LogP contribution in [0.3, 0.4) is 0 Å². The van der Waals surface area contributed by atoms with Crippen LogP contribution in [-0.4, -0.2) is 17.1 Å². The van der Waals surface area contributed by atoms with Gasteiger partial charge in [-0.2, -0.15) is 5.10 Å². The normalized spacial score (nSPS) is 11.0. The van der Waals surface area contributed by atoms with E-state index in [4.69, 9.17) is 23.2 Å². The van der Waals surface area contributed by atoms with Gasteiger partial charge in [-0.25, -0.2) is 9.37 Å². The van der Waals surface area contributed by atoms with E-state index in [1.54, 1.807) is 54.6 Å². The number of nitrogens with zero attached hydrogens (tertiary/aromatic N) is 2. The van der Waals surface area contributed by atoms with Crippen molar-refractivity contribution in [2.24, 2.45) is 5.10 Å². The standard InChI is InChI=1S/C23H14BrCl2FN4OS/c24-15-8-4-14(5-9-15)21(32)30-22-20(13-6-10-16(25)11-7-13)29-23(33-22)31-28-12-17-18(26)2-1-3-19(17)27/h1-12H,(H,29,31)(H,30,32). The zero-order valence-corrected chi connectivity index (χ0v) is 20.6. The molecule has 1 heterocycles. The smallest absolute Gasteiger partial charge is 0.256 e. The van der Waals surface area contributed by atoms with Crippen molar-refractivity contribution in [2.75, 3.05) is 10.7 Å². The molecule has 33 heavy (non-hydrogen) atoms. The van der Waals surface area contributed by atoms with E-state index in [1.807, 2.05) is 0 Å². The van der Waals surface area contributed by atoms with Crippen molar-refractivity contribution in [3.05, 3.63) is 98.2 Å². The van der Waals surface area contributed by atoms with Crippen LogP contribution < -0.4 is 10.7 Å². The van der Waals surface area contributed by atoms with Gasteiger partial charge < -0.3 is 5.32 Å². The molecule has 166 valence electrons. The van der Waals surface area contributed by atoms with Crippen molar-refractivity contribution in [1.29, 1.82) is 0 Å². The minimum Gasteiger partial charge on any atom is -0.312 e. The average molecular weight is 564 g/mol. The van der Waals surface area contributed by atoms with Gasteiger partial charge in [0.2, 0.25) is 5.13 Å². The second kappa shape index (κ2) is 10.4. The van der Waals surface area contributed by atoms with Crippen LogP contribution in [-0.2, 0) is 0 Å². The zero-order chi connectivity index (χ0) is 23.4. The van der Waals surface area contributed by atoms with Gasteiger partial charge in [0.25, 0.3) is 5.91 Å². The number of amides is 1. The number of carbonyl (C=O) groups is 1. The molecule has 0 spiro atoms. The fourth-order valence-electron chi connectivity index (χ4n) is 2.82. The van der Waals surface area contributed by atoms with Gasteiger partial charge >= 0.3 is 0 Å². The molecule has 0 unspecified atom stereocenters. The van der Waals surface area contributed by atoms with E-state index in [9.17, 15) is 9.18 Å². The number of nitrogens with one attached hydrogen (secondary N) is 2. The quantitative estimate of drug-likeness (QED) is 0.186. The first-order chi connectivity index (χ1) is 15.9. The van der Waals surface area contributed by atoms with Gasteiger partial charge in [-0.05, 0) is 48.5 Å². The Morgan fingerprint density at radius 2 is 1.79 bits per heavy atom. The molecule has 0 radical (unpaired) electrons. The molecule has 0 atom stereocenters. The third-order valence-corrected chi connectivity index (χ3v) is 6.42. The number of anilines is 2. The van der Waals surface area contributed by atoms with E-state index in [0.29, 0.717) is 26.4 Å². The first kappa shape index (κ1) is 23.4. The number of rotatable bonds is 6. The van der Waals surface area contributed by atoms with Gasteiger partial charge in [0.15, 0.2) is 0 Å². The summed E-state index contributed by atoms with van der Waals surface area (Å²) in [5.41, 5.74) is 4.74. The summed E-state index contributed by atoms with van der Waals surface area (Å²) >= 11 is 16.6. The maximum Gasteiger partial charge on any atom is 0.256 e. The van der Waals surface area contributed by atoms with E-state index < -0.39 is 5.82 Å². The number of hydrogen-bond acceptors (Lipinski definition) is 5. The molecule has 0 saturated heterocycles. The van der Waals surface area contributed by atoms with Gasteiger partial charge in [0, 0.05) is 26.2 Å². The summed E-state index contributed by atoms with van der Waals surface area (Å²) in [6, 6.07) is 18.5. The van der Waals surface area contributed by atoms with Crippen LogP contribution >= 0.6 is 50.5 Å². The lowest BCUT2D eigenvalue weighted by Crippen LogP contribution is -2.11. The summed E-state index contributed by atoms with van der Waals surface area (Å²) in [6.07, 6.45) is 1.28. The van der Waals surface area contributed by atoms with Crippen LogP contribution in [0.2, 0.25) is 10.0 Å². The Balaban J connectivity index is 1.62. The molecule has 0 aliphatic carbocycles. The molecule has 1 aromatic heterocycles. The minimum absolute atomic E-state index is 0.157. The van der Waals surface area contributed by atoms with E-state index in [2.05, 4.69) is 36.8 Å². The van der Waals surface area contributed by atoms with Crippen molar-refractivity contribution >= 4 is 72.7 Å². The predicted molar refractivity (Wildman–Crippen MR) is 137 cm³/mol. The second-order valence-corrected chi connectivity index (χ2v) is 9.43. The van der Waals surface area contributed by atoms with Crippen molar-refractivity contribution in [2.45, 2.75) is 0 Å². The number of hydrogen-bond donors (Lipinski definition) is 2. The monoisotopic (exact) mass is 562 g/mol. The third kappa shape index (κ3) is 5.78. The number of aromatic nitrogens is 1. The highest BCUT2D eigenvalue weighted by Crippen LogP contribution is 2.36. The highest BCUT2D eigenvalue weighted by molar-refractivity contribution is 9.10. The zero-order valence-electron chi connectivity index (χ0n) is 16.7. The van der Waals surface area contributed by atoms with Gasteiger partial charge in [0.05, 0.1) is 11.2 Å². The first-order valence-electron chi connectivity index (χ1n) is 9.47. The van der Waals surface area contributed by atoms with Crippen molar-refractivity contribution in [3.63, 3.8) is 0 Å². The predicted octanol–water partition coefficient (Wildman–Crippen LogP) is 7.72. The van der Waals surface area contributed by atoms with Crippen LogP contribution in [0.1, 0.15) is 15.9 Å². The fraction of sp³-hybridized carbons (Fsp3) is 0. The Morgan fingerprint density at radius 3 is 2.48 bits per heavy atom. The number of carbonyl (C=O) groups excluding carboxylic acids is 1. The number of hydrazone groups is 1. The van der Waals surface area contributed by atoms with Crippen molar-refractivity contribution in [3.8, 4) is 11.3 Å². The maximum absolute atomic E-state index is 14.0. The maximum atomic E-state index is 14.0. The lowest BCUT2D eigenvalue weighted by atomic mass is 10.1. The summed E-state index contributed by atoms with van der Waals surface area (Å²) < 4.78 is 14.8. The third-order valence-electron chi connectivity index (χ3n) is 4.43. The number of halogens is 4. The lowest BCUT2D eigenvalue weighted by Gasteiger charge is -2.06. The molecular weight excluding hydrogens is 550 g/mol. The summed E-state index contributed by atoms with van der Waals surface area (Å²) in [5, 5.41) is 8.69. The van der Waals surface area contributed by atoms with Crippen LogP contribution in [0.15, 0.2) is 76.3 Å². The Bertz CT molecular complexity index is 1310. The van der Waals surface area contributed by atoms with Crippen molar-refractivity contribution < 1.29 is 9.18 Å². The first-order valence-corrected chi connectivity index (χ1v) is 11.8. The molecule has 5 nitrogen and oxygen atoms in total. The molecule has 2 N–H and O–H groups in total. The van der Waals surface area contributed by atoms with Gasteiger partial charge in [-0.3, -0.25) is 10.2 Å². The minimum atomic E-state index is -0.489. The van der Waals surface area contributed by atoms with E-state index in [1.165, 1.54) is 29.7 Å². The van der Waals surface area contributed by atoms with Crippen LogP contribution in [0.25, 0.3) is 11.3 Å². The van der Waals surface area contributed by atoms with E-state index in [-0.39, 0.29) is 16.5 Å². The Labute approximate surface area is 211 Å². The fourth-order valence-corrected chi connectivity index (χ4v) is 4.25. The lowest BCUT2D eigenvalue weighted by molar-refractivity contribution is 0.102. The van der Waals surface area contributed by atoms with Crippen LogP contribution in [0.5, 0.6) is 0 Å². The number of benzene rings is 3. The van der Waals surface area contributed by atoms with Crippen molar-refractivity contribution in [1.82, 2.24) is 4.98 Å². The van der Waals surface area contributed by atoms with Gasteiger partial charge in [0.1, 0.15) is 16.5 Å². The Morgan fingerprint density at radius 1 is 1.06 bits per heavy atom. The Kier molecular flexibility index (Phi) is 7.39. The molecule has 0 fully saturated rings. The molecule has 0 aliphatic heterocycles. The van der Waals surface area contributed by atoms with E-state index in [0.717, 1.165) is 10.0 Å². The number of thiazole rings is 1. The summed E-state index contributed by atoms with van der Waals surface area (Å²) in [6.45, 7) is 0. The molecule has 3 aromatic carbocycles. The SMILES string of the molecule is O=C(Nc1sc(NN=Cc2c(F)cccc2Cl)nc1-c1ccc(Cl)cc1)c1ccc(Br)cc1. The molecule has 0 aliphatic rings. The van der Waals surface area contributed by atoms with Gasteiger partial charge in [-0.1, -0.05) is 68.7 Å². The Hall–Kier alpha value is -2.78. The average Bonchev–Trinajstić information content (AvgIpc) is 3.19. The topological polar surface area (TPSA) is 66.4 Å². The molecule has 0 bridgehead atoms. The molecule has 1 amide bonds. The summed E-state index contributed by atoms with van der Waals surface area (Å²) in [4.78, 5) is 17.3. The molecule has 4 aromatic rings. The van der Waals surface area contributed by atoms with Crippen LogP contribution in [0.4, 0.5) is 14.5 Å². The molecule has 0 saturated carbocycles. The molecule has 10 heteroatoms. The molecular formula is C23H14BrCl2FN4OS. The highest BCUT2D eigenvalue weighted by Gasteiger charge is 2.17. The summed E-state index contributed by atoms with van der Waals surface area (Å²) in [5.74, 6) is -0.772. The summed E-state index contributed by atoms with van der Waals surface area (Å²) in [7, 11) is 0. The second-order valence-electron chi connectivity index (χ2n) is 6.67. The highest BCUT2D eigenvalue weighted by atomic mass is 79.9. The molecule has 4 rings (SSSR count).